The number of hydrogen-bond donors (Lipinski definition) is 1. The van der Waals surface area contributed by atoms with Gasteiger partial charge in [0.2, 0.25) is 0 Å². The highest BCUT2D eigenvalue weighted by molar-refractivity contribution is 9.10. The first-order valence-electron chi connectivity index (χ1n) is 3.32. The lowest BCUT2D eigenvalue weighted by Gasteiger charge is -2.00. The van der Waals surface area contributed by atoms with E-state index in [9.17, 15) is 0 Å². The van der Waals surface area contributed by atoms with Gasteiger partial charge in [-0.3, -0.25) is 0 Å². The summed E-state index contributed by atoms with van der Waals surface area (Å²) in [7, 11) is 0. The quantitative estimate of drug-likeness (QED) is 0.831. The van der Waals surface area contributed by atoms with Crippen LogP contribution in [-0.2, 0) is 0 Å². The molecule has 0 bridgehead atoms. The van der Waals surface area contributed by atoms with Gasteiger partial charge in [-0.05, 0) is 31.2 Å². The second-order valence-corrected chi connectivity index (χ2v) is 2.95. The van der Waals surface area contributed by atoms with E-state index >= 15 is 0 Å². The maximum Gasteiger partial charge on any atom is 0.0340 e. The Morgan fingerprint density at radius 1 is 1.27 bits per heavy atom. The lowest BCUT2D eigenvalue weighted by atomic mass is 10.3. The van der Waals surface area contributed by atoms with E-state index in [4.69, 9.17) is 0 Å². The van der Waals surface area contributed by atoms with Crippen molar-refractivity contribution in [2.45, 2.75) is 6.92 Å². The molecule has 0 amide bonds. The van der Waals surface area contributed by atoms with Crippen LogP contribution in [0.5, 0.6) is 0 Å². The fraction of sp³-hybridized carbons (Fsp3) is 0.250. The molecule has 0 aromatic heterocycles. The second-order valence-electron chi connectivity index (χ2n) is 2.04. The lowest BCUT2D eigenvalue weighted by molar-refractivity contribution is 1.21. The van der Waals surface area contributed by atoms with E-state index in [0.717, 1.165) is 11.0 Å². The largest absolute Gasteiger partial charge is 0.385 e. The molecule has 1 aromatic carbocycles. The molecular weight excluding hydrogens is 225 g/mol. The van der Waals surface area contributed by atoms with Crippen LogP contribution in [-0.4, -0.2) is 6.54 Å². The normalized spacial score (nSPS) is 8.55. The Labute approximate surface area is 81.7 Å². The predicted molar refractivity (Wildman–Crippen MR) is 55.6 cm³/mol. The van der Waals surface area contributed by atoms with Crippen LogP contribution in [0.25, 0.3) is 0 Å². The Kier molecular flexibility index (Phi) is 5.34. The standard InChI is InChI=1S/C8H10BrN.ClH/c1-2-10-8-5-3-7(9)4-6-8;/h3-6,10H,2H2,1H3;1H. The monoisotopic (exact) mass is 235 g/mol. The molecule has 1 nitrogen and oxygen atoms in total. The van der Waals surface area contributed by atoms with Crippen molar-refractivity contribution in [2.24, 2.45) is 0 Å². The minimum Gasteiger partial charge on any atom is -0.385 e. The van der Waals surface area contributed by atoms with Gasteiger partial charge in [0.15, 0.2) is 0 Å². The van der Waals surface area contributed by atoms with Crippen LogP contribution in [0.3, 0.4) is 0 Å². The smallest absolute Gasteiger partial charge is 0.0340 e. The van der Waals surface area contributed by atoms with Gasteiger partial charge < -0.3 is 5.32 Å². The van der Waals surface area contributed by atoms with E-state index in [1.165, 1.54) is 5.69 Å². The van der Waals surface area contributed by atoms with Crippen LogP contribution in [0.1, 0.15) is 6.92 Å². The Morgan fingerprint density at radius 2 is 1.82 bits per heavy atom. The minimum absolute atomic E-state index is 0. The molecule has 0 atom stereocenters. The molecule has 0 heterocycles. The van der Waals surface area contributed by atoms with Gasteiger partial charge in [0.1, 0.15) is 0 Å². The first-order chi connectivity index (χ1) is 4.83. The van der Waals surface area contributed by atoms with Gasteiger partial charge in [0, 0.05) is 16.7 Å². The van der Waals surface area contributed by atoms with Crippen LogP contribution in [0.4, 0.5) is 5.69 Å². The van der Waals surface area contributed by atoms with Gasteiger partial charge in [-0.1, -0.05) is 15.9 Å². The van der Waals surface area contributed by atoms with Crippen molar-refractivity contribution in [3.8, 4) is 0 Å². The molecule has 0 saturated heterocycles. The summed E-state index contributed by atoms with van der Waals surface area (Å²) in [6.07, 6.45) is 0. The molecule has 3 heteroatoms. The minimum atomic E-state index is 0. The van der Waals surface area contributed by atoms with Crippen LogP contribution >= 0.6 is 28.3 Å². The van der Waals surface area contributed by atoms with Crippen LogP contribution in [0.2, 0.25) is 0 Å². The van der Waals surface area contributed by atoms with E-state index in [2.05, 4.69) is 28.2 Å². The molecule has 0 aliphatic carbocycles. The van der Waals surface area contributed by atoms with Gasteiger partial charge in [-0.15, -0.1) is 12.4 Å². The highest BCUT2D eigenvalue weighted by atomic mass is 79.9. The zero-order valence-electron chi connectivity index (χ0n) is 6.30. The summed E-state index contributed by atoms with van der Waals surface area (Å²) in [6, 6.07) is 8.15. The molecule has 0 fully saturated rings. The average Bonchev–Trinajstić information content (AvgIpc) is 1.95. The summed E-state index contributed by atoms with van der Waals surface area (Å²) in [6.45, 7) is 3.06. The van der Waals surface area contributed by atoms with E-state index in [0.29, 0.717) is 0 Å². The van der Waals surface area contributed by atoms with E-state index in [-0.39, 0.29) is 12.4 Å². The number of rotatable bonds is 2. The molecule has 1 N–H and O–H groups in total. The number of benzene rings is 1. The fourth-order valence-electron chi connectivity index (χ4n) is 0.772. The number of halogens is 2. The first-order valence-corrected chi connectivity index (χ1v) is 4.11. The molecule has 0 radical (unpaired) electrons. The molecule has 0 aliphatic rings. The number of nitrogens with one attached hydrogen (secondary N) is 1. The highest BCUT2D eigenvalue weighted by Gasteiger charge is 1.87. The molecule has 0 saturated carbocycles. The van der Waals surface area contributed by atoms with Crippen molar-refractivity contribution >= 4 is 34.0 Å². The fourth-order valence-corrected chi connectivity index (χ4v) is 1.04. The van der Waals surface area contributed by atoms with Gasteiger partial charge in [0.25, 0.3) is 0 Å². The summed E-state index contributed by atoms with van der Waals surface area (Å²) < 4.78 is 1.12. The zero-order chi connectivity index (χ0) is 7.40. The summed E-state index contributed by atoms with van der Waals surface area (Å²) in [5.41, 5.74) is 1.17. The van der Waals surface area contributed by atoms with Crippen molar-refractivity contribution in [3.05, 3.63) is 28.7 Å². The van der Waals surface area contributed by atoms with Crippen molar-refractivity contribution in [1.82, 2.24) is 0 Å². The molecule has 11 heavy (non-hydrogen) atoms. The summed E-state index contributed by atoms with van der Waals surface area (Å²) >= 11 is 3.37. The SMILES string of the molecule is CCNc1ccc(Br)cc1.Cl. The van der Waals surface area contributed by atoms with Gasteiger partial charge >= 0.3 is 0 Å². The summed E-state index contributed by atoms with van der Waals surface area (Å²) in [5, 5.41) is 3.21. The van der Waals surface area contributed by atoms with Crippen molar-refractivity contribution < 1.29 is 0 Å². The Bertz CT molecular complexity index is 198. The third-order valence-electron chi connectivity index (χ3n) is 1.23. The Balaban J connectivity index is 0.000001000. The molecular formula is C8H11BrClN. The maximum atomic E-state index is 3.37. The first kappa shape index (κ1) is 10.8. The molecule has 1 aromatic rings. The zero-order valence-corrected chi connectivity index (χ0v) is 8.71. The van der Waals surface area contributed by atoms with Crippen molar-refractivity contribution in [2.75, 3.05) is 11.9 Å². The third kappa shape index (κ3) is 3.63. The molecule has 0 aliphatic heterocycles. The van der Waals surface area contributed by atoms with Crippen LogP contribution in [0.15, 0.2) is 28.7 Å². The third-order valence-corrected chi connectivity index (χ3v) is 1.75. The lowest BCUT2D eigenvalue weighted by Crippen LogP contribution is -1.94. The maximum absolute atomic E-state index is 3.37. The van der Waals surface area contributed by atoms with Crippen molar-refractivity contribution in [3.63, 3.8) is 0 Å². The van der Waals surface area contributed by atoms with E-state index < -0.39 is 0 Å². The average molecular weight is 237 g/mol. The van der Waals surface area contributed by atoms with Gasteiger partial charge in [-0.2, -0.15) is 0 Å². The van der Waals surface area contributed by atoms with Gasteiger partial charge in [0.05, 0.1) is 0 Å². The number of anilines is 1. The van der Waals surface area contributed by atoms with E-state index in [1.54, 1.807) is 0 Å². The van der Waals surface area contributed by atoms with Crippen LogP contribution < -0.4 is 5.32 Å². The predicted octanol–water partition coefficient (Wildman–Crippen LogP) is 3.30. The Hall–Kier alpha value is -0.210. The van der Waals surface area contributed by atoms with Crippen molar-refractivity contribution in [1.29, 1.82) is 0 Å². The highest BCUT2D eigenvalue weighted by Crippen LogP contribution is 2.13. The Morgan fingerprint density at radius 3 is 2.27 bits per heavy atom. The van der Waals surface area contributed by atoms with Crippen LogP contribution in [0, 0.1) is 0 Å². The van der Waals surface area contributed by atoms with E-state index in [1.807, 2.05) is 24.3 Å². The molecule has 0 unspecified atom stereocenters. The molecule has 1 rings (SSSR count). The topological polar surface area (TPSA) is 12.0 Å². The molecule has 62 valence electrons. The van der Waals surface area contributed by atoms with Gasteiger partial charge in [-0.25, -0.2) is 0 Å². The summed E-state index contributed by atoms with van der Waals surface area (Å²) in [5.74, 6) is 0. The second kappa shape index (κ2) is 5.44. The number of hydrogen-bond acceptors (Lipinski definition) is 1. The molecule has 0 spiro atoms. The summed E-state index contributed by atoms with van der Waals surface area (Å²) in [4.78, 5) is 0.